The maximum Gasteiger partial charge on any atom is 0.117 e. The first-order chi connectivity index (χ1) is 9.17. The van der Waals surface area contributed by atoms with Crippen molar-refractivity contribution < 1.29 is 0 Å². The van der Waals surface area contributed by atoms with Crippen LogP contribution in [-0.2, 0) is 5.54 Å². The summed E-state index contributed by atoms with van der Waals surface area (Å²) < 4.78 is 0. The van der Waals surface area contributed by atoms with Crippen LogP contribution in [0.25, 0.3) is 10.9 Å². The van der Waals surface area contributed by atoms with Crippen molar-refractivity contribution in [3.63, 3.8) is 0 Å². The minimum absolute atomic E-state index is 0.196. The molecule has 0 amide bonds. The molecule has 0 bridgehead atoms. The molecule has 96 valence electrons. The van der Waals surface area contributed by atoms with Gasteiger partial charge in [0.25, 0.3) is 0 Å². The second-order valence-corrected chi connectivity index (χ2v) is 5.86. The third-order valence-electron chi connectivity index (χ3n) is 3.06. The molecular weight excluding hydrogens is 254 g/mol. The molecule has 0 atom stereocenters. The molecule has 2 heterocycles. The number of rotatable bonds is 3. The summed E-state index contributed by atoms with van der Waals surface area (Å²) in [6.07, 6.45) is 3.68. The van der Waals surface area contributed by atoms with Crippen molar-refractivity contribution in [2.45, 2.75) is 19.4 Å². The van der Waals surface area contributed by atoms with Crippen molar-refractivity contribution in [2.24, 2.45) is 0 Å². The number of nitrogens with one attached hydrogen (secondary N) is 1. The zero-order chi connectivity index (χ0) is 13.3. The molecule has 0 radical (unpaired) electrons. The fourth-order valence-corrected chi connectivity index (χ4v) is 2.85. The first-order valence-corrected chi connectivity index (χ1v) is 7.07. The number of benzene rings is 1. The van der Waals surface area contributed by atoms with Crippen molar-refractivity contribution in [1.82, 2.24) is 9.97 Å². The summed E-state index contributed by atoms with van der Waals surface area (Å²) in [7, 11) is 0. The van der Waals surface area contributed by atoms with Crippen LogP contribution in [0.15, 0.2) is 48.1 Å². The first kappa shape index (κ1) is 12.1. The third-order valence-corrected chi connectivity index (χ3v) is 4.16. The number of fused-ring (bicyclic) bond motifs is 1. The van der Waals surface area contributed by atoms with Gasteiger partial charge in [-0.1, -0.05) is 18.2 Å². The second-order valence-electron chi connectivity index (χ2n) is 4.96. The van der Waals surface area contributed by atoms with Gasteiger partial charge in [0.1, 0.15) is 5.01 Å². The first-order valence-electron chi connectivity index (χ1n) is 6.19. The normalized spacial score (nSPS) is 11.7. The molecule has 1 aromatic carbocycles. The van der Waals surface area contributed by atoms with Gasteiger partial charge in [0, 0.05) is 28.8 Å². The van der Waals surface area contributed by atoms with Crippen molar-refractivity contribution in [1.29, 1.82) is 0 Å². The molecule has 0 aliphatic carbocycles. The Hall–Kier alpha value is -1.94. The van der Waals surface area contributed by atoms with Gasteiger partial charge >= 0.3 is 0 Å². The summed E-state index contributed by atoms with van der Waals surface area (Å²) in [6.45, 7) is 4.28. The quantitative estimate of drug-likeness (QED) is 0.779. The van der Waals surface area contributed by atoms with Crippen LogP contribution >= 0.6 is 11.3 Å². The Morgan fingerprint density at radius 3 is 2.68 bits per heavy atom. The molecule has 0 fully saturated rings. The van der Waals surface area contributed by atoms with Gasteiger partial charge in [-0.2, -0.15) is 0 Å². The molecule has 0 unspecified atom stereocenters. The SMILES string of the molecule is CC(C)(Nc1ccnc2ccccc12)c1nccs1. The summed E-state index contributed by atoms with van der Waals surface area (Å²) in [4.78, 5) is 8.79. The number of nitrogens with zero attached hydrogens (tertiary/aromatic N) is 2. The van der Waals surface area contributed by atoms with Gasteiger partial charge in [0.15, 0.2) is 0 Å². The van der Waals surface area contributed by atoms with Gasteiger partial charge in [-0.15, -0.1) is 11.3 Å². The van der Waals surface area contributed by atoms with E-state index in [1.54, 1.807) is 11.3 Å². The highest BCUT2D eigenvalue weighted by Gasteiger charge is 2.23. The van der Waals surface area contributed by atoms with Gasteiger partial charge in [-0.3, -0.25) is 4.98 Å². The van der Waals surface area contributed by atoms with E-state index in [1.165, 1.54) is 0 Å². The van der Waals surface area contributed by atoms with Crippen LogP contribution in [0.2, 0.25) is 0 Å². The highest BCUT2D eigenvalue weighted by molar-refractivity contribution is 7.09. The van der Waals surface area contributed by atoms with Crippen molar-refractivity contribution in [3.05, 3.63) is 53.1 Å². The molecule has 3 aromatic rings. The van der Waals surface area contributed by atoms with E-state index < -0.39 is 0 Å². The van der Waals surface area contributed by atoms with Gasteiger partial charge in [0.2, 0.25) is 0 Å². The Morgan fingerprint density at radius 1 is 1.05 bits per heavy atom. The Labute approximate surface area is 116 Å². The Morgan fingerprint density at radius 2 is 1.89 bits per heavy atom. The molecule has 1 N–H and O–H groups in total. The largest absolute Gasteiger partial charge is 0.373 e. The summed E-state index contributed by atoms with van der Waals surface area (Å²) in [5.74, 6) is 0. The number of thiazole rings is 1. The van der Waals surface area contributed by atoms with Crippen LogP contribution in [0.1, 0.15) is 18.9 Å². The maximum absolute atomic E-state index is 4.40. The van der Waals surface area contributed by atoms with E-state index >= 15 is 0 Å². The summed E-state index contributed by atoms with van der Waals surface area (Å²) in [5.41, 5.74) is 1.89. The van der Waals surface area contributed by atoms with E-state index in [2.05, 4.69) is 35.2 Å². The molecule has 2 aromatic heterocycles. The molecule has 3 nitrogen and oxygen atoms in total. The highest BCUT2D eigenvalue weighted by atomic mass is 32.1. The lowest BCUT2D eigenvalue weighted by Gasteiger charge is -2.26. The van der Waals surface area contributed by atoms with E-state index in [-0.39, 0.29) is 5.54 Å². The predicted molar refractivity (Wildman–Crippen MR) is 80.5 cm³/mol. The van der Waals surface area contributed by atoms with Gasteiger partial charge in [-0.05, 0) is 26.0 Å². The number of hydrogen-bond donors (Lipinski definition) is 1. The van der Waals surface area contributed by atoms with Crippen molar-refractivity contribution in [2.75, 3.05) is 5.32 Å². The number of anilines is 1. The number of hydrogen-bond acceptors (Lipinski definition) is 4. The van der Waals surface area contributed by atoms with Crippen molar-refractivity contribution in [3.8, 4) is 0 Å². The van der Waals surface area contributed by atoms with Crippen LogP contribution in [0.3, 0.4) is 0 Å². The summed E-state index contributed by atoms with van der Waals surface area (Å²) in [6, 6.07) is 10.2. The van der Waals surface area contributed by atoms with Crippen molar-refractivity contribution >= 4 is 27.9 Å². The minimum Gasteiger partial charge on any atom is -0.373 e. The van der Waals surface area contributed by atoms with E-state index in [0.717, 1.165) is 21.6 Å². The van der Waals surface area contributed by atoms with E-state index in [0.29, 0.717) is 0 Å². The molecule has 0 aliphatic rings. The second kappa shape index (κ2) is 4.63. The van der Waals surface area contributed by atoms with Crippen LogP contribution in [-0.4, -0.2) is 9.97 Å². The highest BCUT2D eigenvalue weighted by Crippen LogP contribution is 2.30. The fourth-order valence-electron chi connectivity index (χ4n) is 2.13. The standard InChI is InChI=1S/C15H15N3S/c1-15(2,14-17-9-10-19-14)18-13-7-8-16-12-6-4-3-5-11(12)13/h3-10H,1-2H3,(H,16,18). The van der Waals surface area contributed by atoms with E-state index in [4.69, 9.17) is 0 Å². The number of pyridine rings is 1. The number of aromatic nitrogens is 2. The molecule has 0 saturated heterocycles. The Kier molecular flexibility index (Phi) is 2.95. The molecule has 0 aliphatic heterocycles. The molecule has 4 heteroatoms. The predicted octanol–water partition coefficient (Wildman–Crippen LogP) is 4.04. The molecular formula is C15H15N3S. The molecule has 0 saturated carbocycles. The fraction of sp³-hybridized carbons (Fsp3) is 0.200. The average Bonchev–Trinajstić information content (AvgIpc) is 2.93. The van der Waals surface area contributed by atoms with Gasteiger partial charge < -0.3 is 5.32 Å². The lowest BCUT2D eigenvalue weighted by atomic mass is 10.1. The lowest BCUT2D eigenvalue weighted by molar-refractivity contribution is 0.605. The van der Waals surface area contributed by atoms with E-state index in [9.17, 15) is 0 Å². The molecule has 0 spiro atoms. The summed E-state index contributed by atoms with van der Waals surface area (Å²) >= 11 is 1.67. The Balaban J connectivity index is 2.02. The zero-order valence-electron chi connectivity index (χ0n) is 10.9. The van der Waals surface area contributed by atoms with Crippen LogP contribution in [0.5, 0.6) is 0 Å². The third kappa shape index (κ3) is 2.31. The van der Waals surface area contributed by atoms with Crippen LogP contribution < -0.4 is 5.32 Å². The van der Waals surface area contributed by atoms with Crippen LogP contribution in [0.4, 0.5) is 5.69 Å². The maximum atomic E-state index is 4.40. The van der Waals surface area contributed by atoms with E-state index in [1.807, 2.05) is 42.0 Å². The smallest absolute Gasteiger partial charge is 0.117 e. The van der Waals surface area contributed by atoms with Crippen LogP contribution in [0, 0.1) is 0 Å². The minimum atomic E-state index is -0.196. The lowest BCUT2D eigenvalue weighted by Crippen LogP contribution is -2.27. The monoisotopic (exact) mass is 269 g/mol. The summed E-state index contributed by atoms with van der Waals surface area (Å²) in [5, 5.41) is 7.79. The zero-order valence-corrected chi connectivity index (χ0v) is 11.7. The molecule has 3 rings (SSSR count). The number of para-hydroxylation sites is 1. The average molecular weight is 269 g/mol. The molecule has 19 heavy (non-hydrogen) atoms. The Bertz CT molecular complexity index is 684. The topological polar surface area (TPSA) is 37.8 Å². The van der Waals surface area contributed by atoms with Gasteiger partial charge in [-0.25, -0.2) is 4.98 Å². The van der Waals surface area contributed by atoms with Gasteiger partial charge in [0.05, 0.1) is 11.1 Å².